The first-order chi connectivity index (χ1) is 8.53. The molecule has 0 bridgehead atoms. The van der Waals surface area contributed by atoms with Gasteiger partial charge in [-0.3, -0.25) is 0 Å². The minimum atomic E-state index is -0.153. The van der Waals surface area contributed by atoms with Crippen LogP contribution >= 0.6 is 0 Å². The Kier molecular flexibility index (Phi) is 4.15. The fourth-order valence-corrected chi connectivity index (χ4v) is 2.71. The van der Waals surface area contributed by atoms with Crippen molar-refractivity contribution in [3.63, 3.8) is 0 Å². The third kappa shape index (κ3) is 3.37. The zero-order valence-electron chi connectivity index (χ0n) is 11.9. The molecule has 1 aliphatic carbocycles. The SMILES string of the molecule is CCOC(=O)N1CCC(NCC2CC2(C)C)CC1. The van der Waals surface area contributed by atoms with Crippen molar-refractivity contribution in [1.82, 2.24) is 10.2 Å². The van der Waals surface area contributed by atoms with Gasteiger partial charge in [0.2, 0.25) is 0 Å². The van der Waals surface area contributed by atoms with E-state index in [1.807, 2.05) is 11.8 Å². The average Bonchev–Trinajstić information content (AvgIpc) is 2.95. The molecule has 1 amide bonds. The standard InChI is InChI=1S/C14H26N2O2/c1-4-18-13(17)16-7-5-12(6-8-16)15-10-11-9-14(11,2)3/h11-12,15H,4-10H2,1-3H3. The van der Waals surface area contributed by atoms with E-state index in [0.29, 0.717) is 18.1 Å². The third-order valence-electron chi connectivity index (χ3n) is 4.39. The van der Waals surface area contributed by atoms with E-state index < -0.39 is 0 Å². The molecule has 1 saturated carbocycles. The molecule has 1 aliphatic heterocycles. The number of nitrogens with one attached hydrogen (secondary N) is 1. The van der Waals surface area contributed by atoms with Crippen LogP contribution in [0.1, 0.15) is 40.0 Å². The lowest BCUT2D eigenvalue weighted by Crippen LogP contribution is -2.45. The van der Waals surface area contributed by atoms with Crippen molar-refractivity contribution in [1.29, 1.82) is 0 Å². The summed E-state index contributed by atoms with van der Waals surface area (Å²) in [6.45, 7) is 9.77. The van der Waals surface area contributed by atoms with E-state index in [1.165, 1.54) is 6.42 Å². The number of hydrogen-bond acceptors (Lipinski definition) is 3. The lowest BCUT2D eigenvalue weighted by Gasteiger charge is -2.31. The number of hydrogen-bond donors (Lipinski definition) is 1. The predicted molar refractivity (Wildman–Crippen MR) is 71.5 cm³/mol. The molecule has 0 radical (unpaired) electrons. The molecule has 1 N–H and O–H groups in total. The van der Waals surface area contributed by atoms with E-state index in [1.54, 1.807) is 0 Å². The first kappa shape index (κ1) is 13.7. The second-order valence-electron chi connectivity index (χ2n) is 6.26. The highest BCUT2D eigenvalue weighted by molar-refractivity contribution is 5.67. The molecule has 0 spiro atoms. The van der Waals surface area contributed by atoms with E-state index in [-0.39, 0.29) is 6.09 Å². The summed E-state index contributed by atoms with van der Waals surface area (Å²) >= 11 is 0. The Labute approximate surface area is 110 Å². The molecule has 18 heavy (non-hydrogen) atoms. The molecular weight excluding hydrogens is 228 g/mol. The number of piperidine rings is 1. The maximum Gasteiger partial charge on any atom is 0.409 e. The molecule has 2 rings (SSSR count). The Hall–Kier alpha value is -0.770. The molecule has 0 aromatic heterocycles. The molecule has 104 valence electrons. The van der Waals surface area contributed by atoms with Gasteiger partial charge in [0.1, 0.15) is 0 Å². The molecule has 0 aromatic carbocycles. The van der Waals surface area contributed by atoms with E-state index >= 15 is 0 Å². The molecule has 2 aliphatic rings. The largest absolute Gasteiger partial charge is 0.450 e. The van der Waals surface area contributed by atoms with Gasteiger partial charge in [0.15, 0.2) is 0 Å². The van der Waals surface area contributed by atoms with E-state index in [9.17, 15) is 4.79 Å². The van der Waals surface area contributed by atoms with Gasteiger partial charge in [0.25, 0.3) is 0 Å². The van der Waals surface area contributed by atoms with E-state index in [0.717, 1.165) is 38.4 Å². The third-order valence-corrected chi connectivity index (χ3v) is 4.39. The van der Waals surface area contributed by atoms with Crippen molar-refractivity contribution >= 4 is 6.09 Å². The number of amides is 1. The number of ether oxygens (including phenoxy) is 1. The summed E-state index contributed by atoms with van der Waals surface area (Å²) in [5.74, 6) is 0.848. The Morgan fingerprint density at radius 3 is 2.50 bits per heavy atom. The molecule has 2 fully saturated rings. The maximum atomic E-state index is 11.5. The molecule has 1 unspecified atom stereocenters. The highest BCUT2D eigenvalue weighted by Crippen LogP contribution is 2.51. The topological polar surface area (TPSA) is 41.6 Å². The number of likely N-dealkylation sites (tertiary alicyclic amines) is 1. The monoisotopic (exact) mass is 254 g/mol. The van der Waals surface area contributed by atoms with Gasteiger partial charge in [-0.25, -0.2) is 4.79 Å². The summed E-state index contributed by atoms with van der Waals surface area (Å²) in [4.78, 5) is 13.4. The Morgan fingerprint density at radius 1 is 1.39 bits per heavy atom. The highest BCUT2D eigenvalue weighted by atomic mass is 16.6. The van der Waals surface area contributed by atoms with Gasteiger partial charge in [0.05, 0.1) is 6.61 Å². The Bertz CT molecular complexity index is 296. The first-order valence-electron chi connectivity index (χ1n) is 7.18. The fraction of sp³-hybridized carbons (Fsp3) is 0.929. The quantitative estimate of drug-likeness (QED) is 0.836. The number of rotatable bonds is 4. The van der Waals surface area contributed by atoms with Gasteiger partial charge in [-0.2, -0.15) is 0 Å². The molecule has 1 saturated heterocycles. The number of carbonyl (C=O) groups is 1. The summed E-state index contributed by atoms with van der Waals surface area (Å²) in [6.07, 6.45) is 3.29. The smallest absolute Gasteiger partial charge is 0.409 e. The van der Waals surface area contributed by atoms with Crippen LogP contribution in [0.15, 0.2) is 0 Å². The van der Waals surface area contributed by atoms with Gasteiger partial charge >= 0.3 is 6.09 Å². The Morgan fingerprint density at radius 2 is 2.00 bits per heavy atom. The normalized spacial score (nSPS) is 27.1. The molecule has 1 heterocycles. The number of carbonyl (C=O) groups excluding carboxylic acids is 1. The van der Waals surface area contributed by atoms with Gasteiger partial charge in [-0.15, -0.1) is 0 Å². The second-order valence-corrected chi connectivity index (χ2v) is 6.26. The van der Waals surface area contributed by atoms with Gasteiger partial charge in [-0.05, 0) is 44.1 Å². The zero-order chi connectivity index (χ0) is 13.2. The zero-order valence-corrected chi connectivity index (χ0v) is 11.9. The first-order valence-corrected chi connectivity index (χ1v) is 7.18. The molecule has 1 atom stereocenters. The molecular formula is C14H26N2O2. The molecule has 4 nitrogen and oxygen atoms in total. The molecule has 4 heteroatoms. The summed E-state index contributed by atoms with van der Waals surface area (Å²) in [5, 5.41) is 3.65. The number of nitrogens with zero attached hydrogens (tertiary/aromatic N) is 1. The van der Waals surface area contributed by atoms with Crippen LogP contribution in [-0.4, -0.2) is 43.3 Å². The van der Waals surface area contributed by atoms with Crippen molar-refractivity contribution < 1.29 is 9.53 Å². The van der Waals surface area contributed by atoms with Crippen LogP contribution in [0.2, 0.25) is 0 Å². The van der Waals surface area contributed by atoms with Crippen LogP contribution < -0.4 is 5.32 Å². The summed E-state index contributed by atoms with van der Waals surface area (Å²) in [5.41, 5.74) is 0.554. The second kappa shape index (κ2) is 5.47. The minimum Gasteiger partial charge on any atom is -0.450 e. The van der Waals surface area contributed by atoms with Crippen LogP contribution in [0, 0.1) is 11.3 Å². The van der Waals surface area contributed by atoms with Crippen LogP contribution in [0.5, 0.6) is 0 Å². The summed E-state index contributed by atoms with van der Waals surface area (Å²) in [6, 6.07) is 0.576. The minimum absolute atomic E-state index is 0.153. The highest BCUT2D eigenvalue weighted by Gasteiger charge is 2.45. The lowest BCUT2D eigenvalue weighted by atomic mass is 10.0. The van der Waals surface area contributed by atoms with E-state index in [2.05, 4.69) is 19.2 Å². The maximum absolute atomic E-state index is 11.5. The van der Waals surface area contributed by atoms with Crippen LogP contribution in [-0.2, 0) is 4.74 Å². The van der Waals surface area contributed by atoms with Gasteiger partial charge in [0, 0.05) is 19.1 Å². The van der Waals surface area contributed by atoms with Crippen molar-refractivity contribution in [2.75, 3.05) is 26.2 Å². The summed E-state index contributed by atoms with van der Waals surface area (Å²) < 4.78 is 5.02. The van der Waals surface area contributed by atoms with Crippen LogP contribution in [0.3, 0.4) is 0 Å². The van der Waals surface area contributed by atoms with Crippen LogP contribution in [0.25, 0.3) is 0 Å². The Balaban J connectivity index is 1.63. The van der Waals surface area contributed by atoms with Crippen molar-refractivity contribution in [3.8, 4) is 0 Å². The lowest BCUT2D eigenvalue weighted by molar-refractivity contribution is 0.0950. The predicted octanol–water partition coefficient (Wildman–Crippen LogP) is 2.24. The van der Waals surface area contributed by atoms with Crippen molar-refractivity contribution in [2.24, 2.45) is 11.3 Å². The fourth-order valence-electron chi connectivity index (χ4n) is 2.71. The van der Waals surface area contributed by atoms with Crippen molar-refractivity contribution in [3.05, 3.63) is 0 Å². The van der Waals surface area contributed by atoms with Gasteiger partial charge < -0.3 is 15.0 Å². The van der Waals surface area contributed by atoms with Gasteiger partial charge in [-0.1, -0.05) is 13.8 Å². The average molecular weight is 254 g/mol. The van der Waals surface area contributed by atoms with E-state index in [4.69, 9.17) is 4.74 Å². The summed E-state index contributed by atoms with van der Waals surface area (Å²) in [7, 11) is 0. The molecule has 0 aromatic rings. The van der Waals surface area contributed by atoms with Crippen molar-refractivity contribution in [2.45, 2.75) is 46.1 Å². The van der Waals surface area contributed by atoms with Crippen LogP contribution in [0.4, 0.5) is 4.79 Å².